The van der Waals surface area contributed by atoms with E-state index in [9.17, 15) is 36.3 Å². The summed E-state index contributed by atoms with van der Waals surface area (Å²) in [5, 5.41) is 4.95. The summed E-state index contributed by atoms with van der Waals surface area (Å²) in [6, 6.07) is 1.27. The molecule has 216 valence electrons. The lowest BCUT2D eigenvalue weighted by Crippen LogP contribution is -2.64. The summed E-state index contributed by atoms with van der Waals surface area (Å²) >= 11 is 0. The normalized spacial score (nSPS) is 17.2. The topological polar surface area (TPSA) is 80.2 Å². The number of nitrogens with zero attached hydrogens (tertiary/aromatic N) is 1. The lowest BCUT2D eigenvalue weighted by Gasteiger charge is -2.49. The molecule has 0 spiro atoms. The molecular weight excluding hydrogens is 533 g/mol. The molecule has 2 heterocycles. The average Bonchev–Trinajstić information content (AvgIpc) is 3.42. The lowest BCUT2D eigenvalue weighted by molar-refractivity contribution is -0.137. The number of allylic oxidation sites excluding steroid dienone is 1. The number of unbranched alkanes of at least 4 members (excludes halogenated alkanes) is 1. The Hall–Kier alpha value is -3.50. The van der Waals surface area contributed by atoms with Crippen molar-refractivity contribution >= 4 is 23.3 Å². The fourth-order valence-electron chi connectivity index (χ4n) is 5.87. The number of hydrogen-bond donors (Lipinski definition) is 2. The van der Waals surface area contributed by atoms with Gasteiger partial charge in [0.15, 0.2) is 17.5 Å². The molecule has 40 heavy (non-hydrogen) atoms. The molecule has 1 fully saturated rings. The predicted molar refractivity (Wildman–Crippen MR) is 139 cm³/mol. The first kappa shape index (κ1) is 29.5. The van der Waals surface area contributed by atoms with Crippen LogP contribution in [0.5, 0.6) is 0 Å². The van der Waals surface area contributed by atoms with Crippen LogP contribution in [0.4, 0.5) is 27.6 Å². The standard InChI is InChI=1S/C29H32F5N3O3/c1-4-6-9-17(8-5-2)28(14-29(33,34)15-28)36-27(40)25(38)24-16(3)22(21-10-7-11-37(21)24)26(39)35-18-12-19(30)23(32)20(31)13-18/h9,12-13H,4-8,10-11,14-15H2,1-3H3,(H,35,39)(H,36,40)/b17-9+. The summed E-state index contributed by atoms with van der Waals surface area (Å²) in [7, 11) is 0. The minimum Gasteiger partial charge on any atom is -0.341 e. The fourth-order valence-corrected chi connectivity index (χ4v) is 5.87. The number of carbonyl (C=O) groups is 3. The van der Waals surface area contributed by atoms with Gasteiger partial charge in [0.25, 0.3) is 23.5 Å². The second kappa shape index (κ2) is 11.2. The Labute approximate surface area is 229 Å². The van der Waals surface area contributed by atoms with Crippen molar-refractivity contribution in [1.29, 1.82) is 0 Å². The van der Waals surface area contributed by atoms with Crippen LogP contribution in [0, 0.1) is 24.4 Å². The van der Waals surface area contributed by atoms with Gasteiger partial charge in [0.1, 0.15) is 0 Å². The van der Waals surface area contributed by atoms with Gasteiger partial charge in [-0.3, -0.25) is 14.4 Å². The molecule has 1 saturated carbocycles. The van der Waals surface area contributed by atoms with Gasteiger partial charge >= 0.3 is 0 Å². The van der Waals surface area contributed by atoms with Crippen LogP contribution < -0.4 is 10.6 Å². The number of Topliss-reactive ketones (excluding diaryl/α,β-unsaturated/α-hetero) is 1. The van der Waals surface area contributed by atoms with Crippen molar-refractivity contribution in [3.8, 4) is 0 Å². The van der Waals surface area contributed by atoms with Crippen molar-refractivity contribution < 1.29 is 36.3 Å². The number of rotatable bonds is 10. The summed E-state index contributed by atoms with van der Waals surface area (Å²) in [5.74, 6) is -10.4. The number of benzene rings is 1. The smallest absolute Gasteiger partial charge is 0.294 e. The SMILES string of the molecule is CCC/C=C(\CCC)C1(NC(=O)C(=O)c2c(C)c(C(=O)Nc3cc(F)c(F)c(F)c3)c3n2CCC3)CC(F)(F)C1. The van der Waals surface area contributed by atoms with E-state index >= 15 is 0 Å². The third-order valence-electron chi connectivity index (χ3n) is 7.59. The molecule has 11 heteroatoms. The van der Waals surface area contributed by atoms with Crippen LogP contribution >= 0.6 is 0 Å². The first-order valence-corrected chi connectivity index (χ1v) is 13.5. The van der Waals surface area contributed by atoms with Gasteiger partial charge in [-0.15, -0.1) is 0 Å². The molecule has 1 aliphatic carbocycles. The summed E-state index contributed by atoms with van der Waals surface area (Å²) < 4.78 is 70.5. The van der Waals surface area contributed by atoms with Crippen molar-refractivity contribution in [2.75, 3.05) is 5.32 Å². The molecule has 2 aromatic rings. The highest BCUT2D eigenvalue weighted by molar-refractivity contribution is 6.43. The highest BCUT2D eigenvalue weighted by Crippen LogP contribution is 2.50. The van der Waals surface area contributed by atoms with Gasteiger partial charge in [-0.05, 0) is 43.7 Å². The Balaban J connectivity index is 1.64. The fraction of sp³-hybridized carbons (Fsp3) is 0.483. The molecule has 0 bridgehead atoms. The highest BCUT2D eigenvalue weighted by Gasteiger charge is 2.59. The van der Waals surface area contributed by atoms with Gasteiger partial charge in [-0.2, -0.15) is 0 Å². The van der Waals surface area contributed by atoms with Crippen LogP contribution in [0.1, 0.15) is 90.9 Å². The van der Waals surface area contributed by atoms with E-state index < -0.39 is 59.4 Å². The molecule has 2 aliphatic rings. The highest BCUT2D eigenvalue weighted by atomic mass is 19.3. The van der Waals surface area contributed by atoms with E-state index in [-0.39, 0.29) is 22.5 Å². The van der Waals surface area contributed by atoms with E-state index in [1.54, 1.807) is 4.57 Å². The molecule has 0 atom stereocenters. The van der Waals surface area contributed by atoms with Crippen LogP contribution in [0.25, 0.3) is 0 Å². The number of nitrogens with one attached hydrogen (secondary N) is 2. The zero-order chi connectivity index (χ0) is 29.4. The molecule has 1 aliphatic heterocycles. The Morgan fingerprint density at radius 3 is 2.27 bits per heavy atom. The van der Waals surface area contributed by atoms with Gasteiger partial charge in [0, 0.05) is 42.9 Å². The third-order valence-corrected chi connectivity index (χ3v) is 7.59. The molecule has 0 unspecified atom stereocenters. The van der Waals surface area contributed by atoms with Crippen molar-refractivity contribution in [3.05, 3.63) is 63.7 Å². The molecule has 1 aromatic carbocycles. The van der Waals surface area contributed by atoms with Gasteiger partial charge in [0.05, 0.1) is 16.8 Å². The van der Waals surface area contributed by atoms with Crippen LogP contribution in [0.3, 0.4) is 0 Å². The van der Waals surface area contributed by atoms with Crippen LogP contribution in [-0.2, 0) is 17.8 Å². The van der Waals surface area contributed by atoms with Gasteiger partial charge in [0.2, 0.25) is 0 Å². The summed E-state index contributed by atoms with van der Waals surface area (Å²) in [6.07, 6.45) is 4.28. The first-order valence-electron chi connectivity index (χ1n) is 13.5. The number of alkyl halides is 2. The zero-order valence-corrected chi connectivity index (χ0v) is 22.7. The van der Waals surface area contributed by atoms with Crippen molar-refractivity contribution in [2.24, 2.45) is 0 Å². The molecule has 0 radical (unpaired) electrons. The Kier molecular flexibility index (Phi) is 8.23. The van der Waals surface area contributed by atoms with Gasteiger partial charge in [-0.25, -0.2) is 22.0 Å². The van der Waals surface area contributed by atoms with E-state index in [1.807, 2.05) is 19.9 Å². The molecule has 2 amide bonds. The third kappa shape index (κ3) is 5.42. The summed E-state index contributed by atoms with van der Waals surface area (Å²) in [6.45, 7) is 5.69. The second-order valence-electron chi connectivity index (χ2n) is 10.6. The molecule has 1 aromatic heterocycles. The van der Waals surface area contributed by atoms with Crippen molar-refractivity contribution in [2.45, 2.75) is 90.1 Å². The molecule has 6 nitrogen and oxygen atoms in total. The number of aromatic nitrogens is 1. The Morgan fingerprint density at radius 1 is 1.05 bits per heavy atom. The maximum absolute atomic E-state index is 14.1. The number of fused-ring (bicyclic) bond motifs is 1. The second-order valence-corrected chi connectivity index (χ2v) is 10.6. The van der Waals surface area contributed by atoms with Crippen molar-refractivity contribution in [3.63, 3.8) is 0 Å². The minimum atomic E-state index is -2.97. The minimum absolute atomic E-state index is 0.0394. The molecule has 4 rings (SSSR count). The molecule has 0 saturated heterocycles. The number of anilines is 1. The van der Waals surface area contributed by atoms with Crippen LogP contribution in [-0.4, -0.2) is 33.6 Å². The zero-order valence-electron chi connectivity index (χ0n) is 22.7. The quantitative estimate of drug-likeness (QED) is 0.115. The lowest BCUT2D eigenvalue weighted by atomic mass is 9.67. The molecule has 2 N–H and O–H groups in total. The Bertz CT molecular complexity index is 1360. The maximum Gasteiger partial charge on any atom is 0.294 e. The van der Waals surface area contributed by atoms with E-state index in [1.165, 1.54) is 6.92 Å². The van der Waals surface area contributed by atoms with Crippen LogP contribution in [0.15, 0.2) is 23.8 Å². The maximum atomic E-state index is 14.1. The number of ketones is 1. The van der Waals surface area contributed by atoms with E-state index in [0.717, 1.165) is 6.42 Å². The van der Waals surface area contributed by atoms with E-state index in [4.69, 9.17) is 0 Å². The first-order chi connectivity index (χ1) is 18.8. The average molecular weight is 566 g/mol. The van der Waals surface area contributed by atoms with Gasteiger partial charge < -0.3 is 15.2 Å². The predicted octanol–water partition coefficient (Wildman–Crippen LogP) is 6.41. The van der Waals surface area contributed by atoms with Gasteiger partial charge in [-0.1, -0.05) is 32.8 Å². The summed E-state index contributed by atoms with van der Waals surface area (Å²) in [4.78, 5) is 40.0. The Morgan fingerprint density at radius 2 is 1.70 bits per heavy atom. The monoisotopic (exact) mass is 565 g/mol. The number of hydrogen-bond acceptors (Lipinski definition) is 3. The molecular formula is C29H32F5N3O3. The van der Waals surface area contributed by atoms with Crippen molar-refractivity contribution in [1.82, 2.24) is 9.88 Å². The number of amides is 2. The summed E-state index contributed by atoms with van der Waals surface area (Å²) in [5.41, 5.74) is -0.292. The number of halogens is 5. The number of carbonyl (C=O) groups excluding carboxylic acids is 3. The van der Waals surface area contributed by atoms with E-state index in [2.05, 4.69) is 10.6 Å². The largest absolute Gasteiger partial charge is 0.341 e. The van der Waals surface area contributed by atoms with E-state index in [0.29, 0.717) is 62.0 Å². The van der Waals surface area contributed by atoms with Crippen LogP contribution in [0.2, 0.25) is 0 Å².